The predicted octanol–water partition coefficient (Wildman–Crippen LogP) is 3.39. The Morgan fingerprint density at radius 2 is 2.25 bits per heavy atom. The average Bonchev–Trinajstić information content (AvgIpc) is 2.86. The fourth-order valence-electron chi connectivity index (χ4n) is 2.70. The molecule has 1 aliphatic heterocycles. The quantitative estimate of drug-likeness (QED) is 0.904. The SMILES string of the molecule is CCNCC1(Cc2nc(C(C)(C)C)cs2)CCCOC1. The van der Waals surface area contributed by atoms with Crippen LogP contribution in [0.15, 0.2) is 5.38 Å². The van der Waals surface area contributed by atoms with Crippen LogP contribution in [0.5, 0.6) is 0 Å². The van der Waals surface area contributed by atoms with E-state index in [0.717, 1.165) is 32.7 Å². The van der Waals surface area contributed by atoms with Gasteiger partial charge < -0.3 is 10.1 Å². The zero-order chi connectivity index (χ0) is 14.6. The molecule has 20 heavy (non-hydrogen) atoms. The van der Waals surface area contributed by atoms with Crippen LogP contribution >= 0.6 is 11.3 Å². The van der Waals surface area contributed by atoms with Gasteiger partial charge in [0.1, 0.15) is 0 Å². The van der Waals surface area contributed by atoms with Crippen molar-refractivity contribution in [2.24, 2.45) is 5.41 Å². The lowest BCUT2D eigenvalue weighted by Crippen LogP contribution is -2.42. The highest BCUT2D eigenvalue weighted by molar-refractivity contribution is 7.09. The molecular weight excluding hydrogens is 268 g/mol. The molecule has 2 heterocycles. The fourth-order valence-corrected chi connectivity index (χ4v) is 3.89. The topological polar surface area (TPSA) is 34.2 Å². The van der Waals surface area contributed by atoms with Crippen LogP contribution in [0, 0.1) is 5.41 Å². The molecule has 1 aromatic rings. The molecule has 1 saturated heterocycles. The number of nitrogens with zero attached hydrogens (tertiary/aromatic N) is 1. The molecule has 0 aliphatic carbocycles. The lowest BCUT2D eigenvalue weighted by atomic mass is 9.79. The number of aromatic nitrogens is 1. The normalized spacial score (nSPS) is 24.0. The van der Waals surface area contributed by atoms with Crippen molar-refractivity contribution >= 4 is 11.3 Å². The first-order chi connectivity index (χ1) is 9.45. The number of thiazole rings is 1. The van der Waals surface area contributed by atoms with E-state index < -0.39 is 0 Å². The van der Waals surface area contributed by atoms with Crippen molar-refractivity contribution in [1.82, 2.24) is 10.3 Å². The molecule has 0 radical (unpaired) electrons. The van der Waals surface area contributed by atoms with Gasteiger partial charge in [0.15, 0.2) is 0 Å². The first-order valence-electron chi connectivity index (χ1n) is 7.69. The largest absolute Gasteiger partial charge is 0.381 e. The Morgan fingerprint density at radius 1 is 1.45 bits per heavy atom. The molecule has 1 unspecified atom stereocenters. The van der Waals surface area contributed by atoms with E-state index in [2.05, 4.69) is 38.4 Å². The summed E-state index contributed by atoms with van der Waals surface area (Å²) in [6.45, 7) is 12.7. The third-order valence-corrected chi connectivity index (χ3v) is 4.85. The Bertz CT molecular complexity index is 416. The van der Waals surface area contributed by atoms with Gasteiger partial charge in [0.2, 0.25) is 0 Å². The molecule has 0 amide bonds. The minimum Gasteiger partial charge on any atom is -0.381 e. The van der Waals surface area contributed by atoms with E-state index in [-0.39, 0.29) is 10.8 Å². The van der Waals surface area contributed by atoms with E-state index in [4.69, 9.17) is 9.72 Å². The minimum absolute atomic E-state index is 0.145. The standard InChI is InChI=1S/C16H28N2OS/c1-5-17-11-16(7-6-8-19-12-16)9-14-18-13(10-20-14)15(2,3)4/h10,17H,5-9,11-12H2,1-4H3. The van der Waals surface area contributed by atoms with Crippen LogP contribution in [-0.4, -0.2) is 31.3 Å². The van der Waals surface area contributed by atoms with E-state index in [1.807, 2.05) is 11.3 Å². The van der Waals surface area contributed by atoms with Crippen LogP contribution < -0.4 is 5.32 Å². The van der Waals surface area contributed by atoms with E-state index in [1.165, 1.54) is 23.5 Å². The van der Waals surface area contributed by atoms with Gasteiger partial charge in [-0.15, -0.1) is 11.3 Å². The molecule has 2 rings (SSSR count). The summed E-state index contributed by atoms with van der Waals surface area (Å²) >= 11 is 1.81. The van der Waals surface area contributed by atoms with Crippen molar-refractivity contribution in [3.05, 3.63) is 16.1 Å². The van der Waals surface area contributed by atoms with Crippen molar-refractivity contribution in [1.29, 1.82) is 0 Å². The first-order valence-corrected chi connectivity index (χ1v) is 8.56. The molecule has 0 aromatic carbocycles. The molecule has 4 heteroatoms. The van der Waals surface area contributed by atoms with Crippen LogP contribution in [0.25, 0.3) is 0 Å². The number of rotatable bonds is 5. The molecule has 3 nitrogen and oxygen atoms in total. The Kier molecular flexibility index (Phi) is 5.21. The first kappa shape index (κ1) is 15.9. The number of hydrogen-bond donors (Lipinski definition) is 1. The summed E-state index contributed by atoms with van der Waals surface area (Å²) < 4.78 is 5.77. The Balaban J connectivity index is 2.09. The van der Waals surface area contributed by atoms with Gasteiger partial charge in [0.25, 0.3) is 0 Å². The van der Waals surface area contributed by atoms with Gasteiger partial charge >= 0.3 is 0 Å². The second kappa shape index (κ2) is 6.54. The van der Waals surface area contributed by atoms with E-state index >= 15 is 0 Å². The maximum Gasteiger partial charge on any atom is 0.0935 e. The molecule has 114 valence electrons. The zero-order valence-electron chi connectivity index (χ0n) is 13.3. The third kappa shape index (κ3) is 4.03. The van der Waals surface area contributed by atoms with Gasteiger partial charge in [-0.1, -0.05) is 27.7 Å². The second-order valence-electron chi connectivity index (χ2n) is 6.99. The summed E-state index contributed by atoms with van der Waals surface area (Å²) in [6.07, 6.45) is 3.45. The van der Waals surface area contributed by atoms with Crippen molar-refractivity contribution in [2.75, 3.05) is 26.3 Å². The second-order valence-corrected chi connectivity index (χ2v) is 7.93. The van der Waals surface area contributed by atoms with Crippen molar-refractivity contribution in [2.45, 2.75) is 52.4 Å². The third-order valence-electron chi connectivity index (χ3n) is 4.00. The highest BCUT2D eigenvalue weighted by Crippen LogP contribution is 2.34. The van der Waals surface area contributed by atoms with Gasteiger partial charge in [-0.05, 0) is 19.4 Å². The molecule has 1 aromatic heterocycles. The Morgan fingerprint density at radius 3 is 2.80 bits per heavy atom. The van der Waals surface area contributed by atoms with Gasteiger partial charge in [-0.2, -0.15) is 0 Å². The molecular formula is C16H28N2OS. The number of nitrogens with one attached hydrogen (secondary N) is 1. The molecule has 1 fully saturated rings. The van der Waals surface area contributed by atoms with Crippen LogP contribution in [-0.2, 0) is 16.6 Å². The van der Waals surface area contributed by atoms with E-state index in [0.29, 0.717) is 0 Å². The lowest BCUT2D eigenvalue weighted by Gasteiger charge is -2.36. The van der Waals surface area contributed by atoms with Crippen molar-refractivity contribution < 1.29 is 4.74 Å². The van der Waals surface area contributed by atoms with Crippen molar-refractivity contribution in [3.63, 3.8) is 0 Å². The lowest BCUT2D eigenvalue weighted by molar-refractivity contribution is -0.00695. The average molecular weight is 296 g/mol. The summed E-state index contributed by atoms with van der Waals surface area (Å²) in [5, 5.41) is 7.00. The Labute approximate surface area is 127 Å². The van der Waals surface area contributed by atoms with Gasteiger partial charge in [-0.3, -0.25) is 0 Å². The van der Waals surface area contributed by atoms with Gasteiger partial charge in [-0.25, -0.2) is 4.98 Å². The summed E-state index contributed by atoms with van der Waals surface area (Å²) in [4.78, 5) is 4.86. The molecule has 0 bridgehead atoms. The smallest absolute Gasteiger partial charge is 0.0935 e. The summed E-state index contributed by atoms with van der Waals surface area (Å²) in [7, 11) is 0. The minimum atomic E-state index is 0.145. The Hall–Kier alpha value is -0.450. The number of ether oxygens (including phenoxy) is 1. The van der Waals surface area contributed by atoms with E-state index in [1.54, 1.807) is 0 Å². The zero-order valence-corrected chi connectivity index (χ0v) is 14.1. The summed E-state index contributed by atoms with van der Waals surface area (Å²) in [5.41, 5.74) is 1.60. The highest BCUT2D eigenvalue weighted by Gasteiger charge is 2.34. The molecule has 1 N–H and O–H groups in total. The maximum absolute atomic E-state index is 5.77. The molecule has 0 saturated carbocycles. The van der Waals surface area contributed by atoms with E-state index in [9.17, 15) is 0 Å². The predicted molar refractivity (Wildman–Crippen MR) is 85.5 cm³/mol. The van der Waals surface area contributed by atoms with Gasteiger partial charge in [0, 0.05) is 35.8 Å². The molecule has 1 aliphatic rings. The summed E-state index contributed by atoms with van der Waals surface area (Å²) in [5.74, 6) is 0. The molecule has 0 spiro atoms. The van der Waals surface area contributed by atoms with Crippen LogP contribution in [0.2, 0.25) is 0 Å². The monoisotopic (exact) mass is 296 g/mol. The maximum atomic E-state index is 5.77. The van der Waals surface area contributed by atoms with Crippen molar-refractivity contribution in [3.8, 4) is 0 Å². The fraction of sp³-hybridized carbons (Fsp3) is 0.812. The summed E-state index contributed by atoms with van der Waals surface area (Å²) in [6, 6.07) is 0. The molecule has 1 atom stereocenters. The number of hydrogen-bond acceptors (Lipinski definition) is 4. The van der Waals surface area contributed by atoms with Gasteiger partial charge in [0.05, 0.1) is 17.3 Å². The van der Waals surface area contributed by atoms with Crippen LogP contribution in [0.1, 0.15) is 51.2 Å². The highest BCUT2D eigenvalue weighted by atomic mass is 32.1. The van der Waals surface area contributed by atoms with Crippen LogP contribution in [0.4, 0.5) is 0 Å². The van der Waals surface area contributed by atoms with Crippen LogP contribution in [0.3, 0.4) is 0 Å².